The molecule has 0 fully saturated rings. The molecule has 4 nitrogen and oxygen atoms in total. The Morgan fingerprint density at radius 3 is 3.07 bits per heavy atom. The average molecular weight is 210 g/mol. The number of aryl methyl sites for hydroxylation is 1. The van der Waals surface area contributed by atoms with Crippen LogP contribution in [0.4, 0.5) is 0 Å². The van der Waals surface area contributed by atoms with Crippen LogP contribution in [0, 0.1) is 6.92 Å². The van der Waals surface area contributed by atoms with Crippen LogP contribution in [0.25, 0.3) is 10.2 Å². The van der Waals surface area contributed by atoms with Crippen LogP contribution in [0.2, 0.25) is 0 Å². The van der Waals surface area contributed by atoms with E-state index in [1.807, 2.05) is 6.92 Å². The van der Waals surface area contributed by atoms with Gasteiger partial charge in [-0.05, 0) is 13.0 Å². The highest BCUT2D eigenvalue weighted by molar-refractivity contribution is 7.18. The zero-order chi connectivity index (χ0) is 10.1. The third-order valence-electron chi connectivity index (χ3n) is 1.92. The summed E-state index contributed by atoms with van der Waals surface area (Å²) in [6.45, 7) is 1.61. The van der Waals surface area contributed by atoms with Crippen molar-refractivity contribution < 1.29 is 10.2 Å². The molecule has 2 aromatic heterocycles. The summed E-state index contributed by atoms with van der Waals surface area (Å²) in [5.41, 5.74) is 1.29. The number of fused-ring (bicyclic) bond motifs is 1. The molecule has 14 heavy (non-hydrogen) atoms. The normalized spacial score (nSPS) is 13.4. The van der Waals surface area contributed by atoms with E-state index in [1.165, 1.54) is 0 Å². The molecule has 1 atom stereocenters. The Bertz CT molecular complexity index is 455. The summed E-state index contributed by atoms with van der Waals surface area (Å²) in [5.74, 6) is 0. The topological polar surface area (TPSA) is 66.2 Å². The minimum absolute atomic E-state index is 0.318. The zero-order valence-corrected chi connectivity index (χ0v) is 8.45. The van der Waals surface area contributed by atoms with Gasteiger partial charge in [0.1, 0.15) is 6.10 Å². The van der Waals surface area contributed by atoms with Gasteiger partial charge in [-0.25, -0.2) is 4.98 Å². The van der Waals surface area contributed by atoms with E-state index in [4.69, 9.17) is 5.11 Å². The minimum atomic E-state index is -0.915. The first kappa shape index (κ1) is 9.51. The monoisotopic (exact) mass is 210 g/mol. The zero-order valence-electron chi connectivity index (χ0n) is 7.64. The second kappa shape index (κ2) is 3.61. The van der Waals surface area contributed by atoms with Crippen molar-refractivity contribution in [1.82, 2.24) is 9.97 Å². The molecule has 2 rings (SSSR count). The SMILES string of the molecule is Cc1nc2cc(C(O)CO)ncc2s1. The molecule has 0 aliphatic rings. The number of aliphatic hydroxyl groups is 2. The fourth-order valence-corrected chi connectivity index (χ4v) is 2.02. The van der Waals surface area contributed by atoms with Gasteiger partial charge >= 0.3 is 0 Å². The molecule has 1 unspecified atom stereocenters. The Kier molecular flexibility index (Phi) is 2.45. The molecule has 0 saturated heterocycles. The van der Waals surface area contributed by atoms with E-state index in [1.54, 1.807) is 23.6 Å². The van der Waals surface area contributed by atoms with E-state index in [0.717, 1.165) is 15.2 Å². The first-order chi connectivity index (χ1) is 6.70. The van der Waals surface area contributed by atoms with Gasteiger partial charge in [0.25, 0.3) is 0 Å². The maximum Gasteiger partial charge on any atom is 0.119 e. The second-order valence-corrected chi connectivity index (χ2v) is 4.24. The van der Waals surface area contributed by atoms with Crippen molar-refractivity contribution in [2.75, 3.05) is 6.61 Å². The van der Waals surface area contributed by atoms with E-state index >= 15 is 0 Å². The average Bonchev–Trinajstić information content (AvgIpc) is 2.55. The van der Waals surface area contributed by atoms with Crippen LogP contribution >= 0.6 is 11.3 Å². The molecule has 0 amide bonds. The van der Waals surface area contributed by atoms with E-state index < -0.39 is 6.10 Å². The van der Waals surface area contributed by atoms with Gasteiger partial charge < -0.3 is 10.2 Å². The number of nitrogens with zero attached hydrogens (tertiary/aromatic N) is 2. The fraction of sp³-hybridized carbons (Fsp3) is 0.333. The van der Waals surface area contributed by atoms with Crippen molar-refractivity contribution in [1.29, 1.82) is 0 Å². The standard InChI is InChI=1S/C9H10N2O2S/c1-5-11-7-2-6(8(13)4-12)10-3-9(7)14-5/h2-3,8,12-13H,4H2,1H3. The van der Waals surface area contributed by atoms with Gasteiger partial charge in [-0.3, -0.25) is 4.98 Å². The first-order valence-electron chi connectivity index (χ1n) is 4.22. The van der Waals surface area contributed by atoms with Gasteiger partial charge in [0.15, 0.2) is 0 Å². The van der Waals surface area contributed by atoms with E-state index in [2.05, 4.69) is 9.97 Å². The maximum absolute atomic E-state index is 9.36. The van der Waals surface area contributed by atoms with Gasteiger partial charge in [-0.2, -0.15) is 0 Å². The molecule has 0 bridgehead atoms. The van der Waals surface area contributed by atoms with Gasteiger partial charge in [-0.1, -0.05) is 0 Å². The summed E-state index contributed by atoms with van der Waals surface area (Å²) in [6, 6.07) is 1.71. The number of aromatic nitrogens is 2. The molecule has 2 aromatic rings. The first-order valence-corrected chi connectivity index (χ1v) is 5.04. The largest absolute Gasteiger partial charge is 0.393 e. The molecule has 2 heterocycles. The molecular weight excluding hydrogens is 200 g/mol. The van der Waals surface area contributed by atoms with Crippen molar-refractivity contribution >= 4 is 21.6 Å². The minimum Gasteiger partial charge on any atom is -0.393 e. The Morgan fingerprint density at radius 2 is 2.36 bits per heavy atom. The summed E-state index contributed by atoms with van der Waals surface area (Å²) in [6.07, 6.45) is 0.759. The van der Waals surface area contributed by atoms with Crippen LogP contribution < -0.4 is 0 Å². The summed E-state index contributed by atoms with van der Waals surface area (Å²) in [4.78, 5) is 8.33. The quantitative estimate of drug-likeness (QED) is 0.776. The second-order valence-electron chi connectivity index (χ2n) is 3.01. The van der Waals surface area contributed by atoms with Crippen LogP contribution in [0.3, 0.4) is 0 Å². The maximum atomic E-state index is 9.36. The Hall–Kier alpha value is -1.04. The van der Waals surface area contributed by atoms with Gasteiger partial charge in [-0.15, -0.1) is 11.3 Å². The van der Waals surface area contributed by atoms with Gasteiger partial charge in [0, 0.05) is 6.20 Å². The summed E-state index contributed by atoms with van der Waals surface area (Å²) in [5, 5.41) is 19.1. The van der Waals surface area contributed by atoms with Crippen LogP contribution in [0.1, 0.15) is 16.8 Å². The summed E-state index contributed by atoms with van der Waals surface area (Å²) >= 11 is 1.56. The number of thiazole rings is 1. The van der Waals surface area contributed by atoms with Crippen LogP contribution in [0.15, 0.2) is 12.3 Å². The van der Waals surface area contributed by atoms with Crippen molar-refractivity contribution in [2.24, 2.45) is 0 Å². The lowest BCUT2D eigenvalue weighted by molar-refractivity contribution is 0.0924. The molecule has 0 radical (unpaired) electrons. The van der Waals surface area contributed by atoms with Crippen molar-refractivity contribution in [3.63, 3.8) is 0 Å². The van der Waals surface area contributed by atoms with Gasteiger partial charge in [0.2, 0.25) is 0 Å². The molecule has 0 aromatic carbocycles. The predicted molar refractivity (Wildman–Crippen MR) is 54.2 cm³/mol. The Morgan fingerprint density at radius 1 is 1.57 bits per heavy atom. The lowest BCUT2D eigenvalue weighted by atomic mass is 10.2. The summed E-state index contributed by atoms with van der Waals surface area (Å²) in [7, 11) is 0. The highest BCUT2D eigenvalue weighted by atomic mass is 32.1. The van der Waals surface area contributed by atoms with E-state index in [-0.39, 0.29) is 6.61 Å². The molecule has 0 aliphatic heterocycles. The number of rotatable bonds is 2. The van der Waals surface area contributed by atoms with Crippen LogP contribution in [-0.2, 0) is 0 Å². The van der Waals surface area contributed by atoms with E-state index in [9.17, 15) is 5.11 Å². The van der Waals surface area contributed by atoms with Crippen molar-refractivity contribution in [3.05, 3.63) is 23.0 Å². The number of aliphatic hydroxyl groups excluding tert-OH is 2. The molecule has 0 saturated carbocycles. The molecule has 74 valence electrons. The number of hydrogen-bond donors (Lipinski definition) is 2. The fourth-order valence-electron chi connectivity index (χ4n) is 1.24. The Balaban J connectivity index is 2.50. The predicted octanol–water partition coefficient (Wildman–Crippen LogP) is 1.03. The molecule has 2 N–H and O–H groups in total. The lowest BCUT2D eigenvalue weighted by Gasteiger charge is -2.04. The van der Waals surface area contributed by atoms with E-state index in [0.29, 0.717) is 5.69 Å². The van der Waals surface area contributed by atoms with Gasteiger partial charge in [0.05, 0.1) is 27.5 Å². The summed E-state index contributed by atoms with van der Waals surface area (Å²) < 4.78 is 0.997. The van der Waals surface area contributed by atoms with Crippen LogP contribution in [-0.4, -0.2) is 26.8 Å². The van der Waals surface area contributed by atoms with Crippen molar-refractivity contribution in [2.45, 2.75) is 13.0 Å². The smallest absolute Gasteiger partial charge is 0.119 e. The Labute approximate surface area is 84.9 Å². The highest BCUT2D eigenvalue weighted by Crippen LogP contribution is 2.22. The van der Waals surface area contributed by atoms with Crippen LogP contribution in [0.5, 0.6) is 0 Å². The number of pyridine rings is 1. The molecular formula is C9H10N2O2S. The molecule has 5 heteroatoms. The third kappa shape index (κ3) is 1.61. The highest BCUT2D eigenvalue weighted by Gasteiger charge is 2.09. The lowest BCUT2D eigenvalue weighted by Crippen LogP contribution is -2.04. The third-order valence-corrected chi connectivity index (χ3v) is 2.84. The number of hydrogen-bond acceptors (Lipinski definition) is 5. The molecule has 0 aliphatic carbocycles. The van der Waals surface area contributed by atoms with Crippen molar-refractivity contribution in [3.8, 4) is 0 Å². The molecule has 0 spiro atoms.